The van der Waals surface area contributed by atoms with Crippen molar-refractivity contribution in [3.8, 4) is 0 Å². The standard InChI is InChI=1S/C10H11NO3S3.Na.H/c12-17(13,14)7-3-6-15-10-11-8-4-1-2-5-9(8)16-10;;/h1-2,4-5H,3,6-7H2,(H,12,13,14);;. The molecular weight excluding hydrogens is 301 g/mol. The molecule has 1 aromatic heterocycles. The van der Waals surface area contributed by atoms with Crippen LogP contribution in [0.15, 0.2) is 28.6 Å². The third kappa shape index (κ3) is 5.16. The predicted octanol–water partition coefficient (Wildman–Crippen LogP) is 2.02. The van der Waals surface area contributed by atoms with Crippen molar-refractivity contribution in [1.29, 1.82) is 0 Å². The molecule has 0 saturated heterocycles. The first kappa shape index (κ1) is 16.4. The fourth-order valence-electron chi connectivity index (χ4n) is 1.31. The monoisotopic (exact) mass is 313 g/mol. The van der Waals surface area contributed by atoms with E-state index in [2.05, 4.69) is 4.98 Å². The molecule has 0 unspecified atom stereocenters. The molecule has 0 fully saturated rings. The second-order valence-electron chi connectivity index (χ2n) is 3.44. The summed E-state index contributed by atoms with van der Waals surface area (Å²) in [5.74, 6) is 0.449. The van der Waals surface area contributed by atoms with E-state index in [1.54, 1.807) is 11.3 Å². The van der Waals surface area contributed by atoms with Gasteiger partial charge in [-0.25, -0.2) is 4.98 Å². The van der Waals surface area contributed by atoms with Gasteiger partial charge in [-0.2, -0.15) is 8.42 Å². The molecule has 1 aromatic carbocycles. The average molecular weight is 313 g/mol. The van der Waals surface area contributed by atoms with Crippen molar-refractivity contribution in [3.63, 3.8) is 0 Å². The summed E-state index contributed by atoms with van der Waals surface area (Å²) < 4.78 is 31.7. The van der Waals surface area contributed by atoms with E-state index in [9.17, 15) is 8.42 Å². The Morgan fingerprint density at radius 3 is 2.72 bits per heavy atom. The van der Waals surface area contributed by atoms with Gasteiger partial charge < -0.3 is 0 Å². The summed E-state index contributed by atoms with van der Waals surface area (Å²) in [6, 6.07) is 7.87. The van der Waals surface area contributed by atoms with Gasteiger partial charge in [-0.1, -0.05) is 23.9 Å². The number of benzene rings is 1. The molecule has 0 aliphatic rings. The van der Waals surface area contributed by atoms with Crippen LogP contribution in [0.2, 0.25) is 0 Å². The Morgan fingerprint density at radius 1 is 1.33 bits per heavy atom. The molecule has 0 radical (unpaired) electrons. The quantitative estimate of drug-likeness (QED) is 0.396. The second kappa shape index (κ2) is 7.23. The van der Waals surface area contributed by atoms with E-state index in [0.29, 0.717) is 12.2 Å². The van der Waals surface area contributed by atoms with E-state index < -0.39 is 10.1 Å². The van der Waals surface area contributed by atoms with Crippen molar-refractivity contribution in [2.75, 3.05) is 11.5 Å². The van der Waals surface area contributed by atoms with Crippen molar-refractivity contribution in [2.24, 2.45) is 0 Å². The van der Waals surface area contributed by atoms with Gasteiger partial charge in [0.15, 0.2) is 4.34 Å². The Balaban J connectivity index is 0.00000162. The number of hydrogen-bond acceptors (Lipinski definition) is 5. The molecule has 0 bridgehead atoms. The molecule has 94 valence electrons. The number of rotatable bonds is 5. The maximum absolute atomic E-state index is 10.5. The van der Waals surface area contributed by atoms with Crippen LogP contribution in [0.5, 0.6) is 0 Å². The van der Waals surface area contributed by atoms with Crippen LogP contribution in [0.4, 0.5) is 0 Å². The minimum absolute atomic E-state index is 0. The Hall–Kier alpha value is 0.370. The molecule has 8 heteroatoms. The summed E-state index contributed by atoms with van der Waals surface area (Å²) >= 11 is 3.11. The summed E-state index contributed by atoms with van der Waals surface area (Å²) in [5.41, 5.74) is 0.967. The van der Waals surface area contributed by atoms with Gasteiger partial charge in [-0.15, -0.1) is 11.3 Å². The summed E-state index contributed by atoms with van der Waals surface area (Å²) in [6.45, 7) is 0. The number of hydrogen-bond donors (Lipinski definition) is 1. The molecule has 0 atom stereocenters. The van der Waals surface area contributed by atoms with Crippen molar-refractivity contribution < 1.29 is 13.0 Å². The van der Waals surface area contributed by atoms with Crippen LogP contribution in [-0.4, -0.2) is 59.0 Å². The van der Waals surface area contributed by atoms with Gasteiger partial charge in [0.25, 0.3) is 10.1 Å². The van der Waals surface area contributed by atoms with E-state index in [1.165, 1.54) is 11.8 Å². The molecule has 2 aromatic rings. The number of fused-ring (bicyclic) bond motifs is 1. The zero-order valence-corrected chi connectivity index (χ0v) is 11.3. The molecule has 0 amide bonds. The van der Waals surface area contributed by atoms with Gasteiger partial charge >= 0.3 is 29.6 Å². The third-order valence-electron chi connectivity index (χ3n) is 2.05. The van der Waals surface area contributed by atoms with Crippen molar-refractivity contribution >= 4 is 73.0 Å². The van der Waals surface area contributed by atoms with Gasteiger partial charge in [0, 0.05) is 5.75 Å². The number of nitrogens with zero attached hydrogens (tertiary/aromatic N) is 1. The maximum atomic E-state index is 10.5. The van der Waals surface area contributed by atoms with Gasteiger partial charge in [0.2, 0.25) is 0 Å². The van der Waals surface area contributed by atoms with Gasteiger partial charge in [0.05, 0.1) is 16.0 Å². The first-order chi connectivity index (χ1) is 8.04. The molecule has 18 heavy (non-hydrogen) atoms. The summed E-state index contributed by atoms with van der Waals surface area (Å²) in [4.78, 5) is 4.42. The third-order valence-corrected chi connectivity index (χ3v) is 5.12. The molecule has 0 saturated carbocycles. The first-order valence-corrected chi connectivity index (χ1v) is 8.39. The Labute approximate surface area is 136 Å². The summed E-state index contributed by atoms with van der Waals surface area (Å²) in [7, 11) is -3.83. The fraction of sp³-hybridized carbons (Fsp3) is 0.300. The summed E-state index contributed by atoms with van der Waals surface area (Å²) in [6.07, 6.45) is 0.430. The molecule has 0 aliphatic carbocycles. The van der Waals surface area contributed by atoms with E-state index in [-0.39, 0.29) is 35.3 Å². The Bertz CT molecular complexity index is 579. The number of para-hydroxylation sites is 1. The summed E-state index contributed by atoms with van der Waals surface area (Å²) in [5, 5.41) is 0. The van der Waals surface area contributed by atoms with E-state index in [4.69, 9.17) is 4.55 Å². The van der Waals surface area contributed by atoms with Crippen molar-refractivity contribution in [2.45, 2.75) is 10.8 Å². The molecular formula is C10H12NNaO3S3. The van der Waals surface area contributed by atoms with Crippen LogP contribution in [0.1, 0.15) is 6.42 Å². The van der Waals surface area contributed by atoms with Crippen LogP contribution in [0.3, 0.4) is 0 Å². The van der Waals surface area contributed by atoms with E-state index >= 15 is 0 Å². The predicted molar refractivity (Wildman–Crippen MR) is 78.5 cm³/mol. The molecule has 1 N–H and O–H groups in total. The van der Waals surface area contributed by atoms with Crippen molar-refractivity contribution in [3.05, 3.63) is 24.3 Å². The fourth-order valence-corrected chi connectivity index (χ4v) is 4.08. The van der Waals surface area contributed by atoms with Crippen LogP contribution in [0, 0.1) is 0 Å². The molecule has 0 aliphatic heterocycles. The van der Waals surface area contributed by atoms with Crippen LogP contribution < -0.4 is 0 Å². The minimum atomic E-state index is -3.83. The zero-order valence-electron chi connectivity index (χ0n) is 8.87. The normalized spacial score (nSPS) is 11.4. The van der Waals surface area contributed by atoms with Crippen LogP contribution in [-0.2, 0) is 10.1 Å². The topological polar surface area (TPSA) is 67.3 Å². The van der Waals surface area contributed by atoms with Gasteiger partial charge in [-0.05, 0) is 18.6 Å². The number of thioether (sulfide) groups is 1. The van der Waals surface area contributed by atoms with E-state index in [0.717, 1.165) is 14.6 Å². The van der Waals surface area contributed by atoms with Crippen LogP contribution >= 0.6 is 23.1 Å². The first-order valence-electron chi connectivity index (χ1n) is 4.98. The number of thiazole rings is 1. The molecule has 2 rings (SSSR count). The molecule has 1 heterocycles. The Morgan fingerprint density at radius 2 is 2.06 bits per heavy atom. The molecule has 0 spiro atoms. The number of aromatic nitrogens is 1. The van der Waals surface area contributed by atoms with Crippen molar-refractivity contribution in [1.82, 2.24) is 4.98 Å². The zero-order chi connectivity index (χ0) is 12.3. The average Bonchev–Trinajstić information content (AvgIpc) is 2.65. The van der Waals surface area contributed by atoms with Crippen LogP contribution in [0.25, 0.3) is 10.2 Å². The second-order valence-corrected chi connectivity index (χ2v) is 7.38. The van der Waals surface area contributed by atoms with Gasteiger partial charge in [0.1, 0.15) is 0 Å². The molecule has 4 nitrogen and oxygen atoms in total. The van der Waals surface area contributed by atoms with Gasteiger partial charge in [-0.3, -0.25) is 4.55 Å². The van der Waals surface area contributed by atoms with E-state index in [1.807, 2.05) is 24.3 Å². The Kier molecular flexibility index (Phi) is 6.60. The SMILES string of the molecule is O=S(=O)(O)CCCSc1nc2ccccc2s1.[NaH].